The van der Waals surface area contributed by atoms with Crippen molar-refractivity contribution in [3.8, 4) is 11.1 Å². The number of ketones is 2. The summed E-state index contributed by atoms with van der Waals surface area (Å²) in [5.41, 5.74) is 6.00. The third-order valence-electron chi connectivity index (χ3n) is 6.17. The van der Waals surface area contributed by atoms with E-state index >= 15 is 0 Å². The molecule has 0 radical (unpaired) electrons. The van der Waals surface area contributed by atoms with Crippen LogP contribution in [0.3, 0.4) is 0 Å². The second kappa shape index (κ2) is 7.46. The minimum absolute atomic E-state index is 0.0780. The molecular weight excluding hydrogens is 492 g/mol. The Kier molecular flexibility index (Phi) is 5.77. The molecule has 154 valence electrons. The number of benzene rings is 2. The summed E-state index contributed by atoms with van der Waals surface area (Å²) in [4.78, 5) is 25.8. The number of halogens is 2. The van der Waals surface area contributed by atoms with Crippen molar-refractivity contribution in [2.24, 2.45) is 0 Å². The molecule has 0 saturated heterocycles. The van der Waals surface area contributed by atoms with Crippen molar-refractivity contribution >= 4 is 43.4 Å². The van der Waals surface area contributed by atoms with Gasteiger partial charge in [0.2, 0.25) is 0 Å². The smallest absolute Gasteiger partial charge is 0.178 e. The van der Waals surface area contributed by atoms with Crippen LogP contribution in [-0.2, 0) is 5.41 Å². The number of hydrogen-bond acceptors (Lipinski definition) is 2. The first-order chi connectivity index (χ1) is 13.4. The first-order valence-electron chi connectivity index (χ1n) is 10.1. The summed E-state index contributed by atoms with van der Waals surface area (Å²) in [6.45, 7) is 11.9. The molecule has 0 saturated carbocycles. The summed E-state index contributed by atoms with van der Waals surface area (Å²) in [6, 6.07) is 12.1. The van der Waals surface area contributed by atoms with Gasteiger partial charge in [-0.3, -0.25) is 9.59 Å². The van der Waals surface area contributed by atoms with E-state index in [0.29, 0.717) is 0 Å². The van der Waals surface area contributed by atoms with E-state index in [0.717, 1.165) is 24.0 Å². The van der Waals surface area contributed by atoms with E-state index in [1.807, 2.05) is 39.8 Å². The predicted octanol–water partition coefficient (Wildman–Crippen LogP) is 7.49. The molecule has 0 unspecified atom stereocenters. The van der Waals surface area contributed by atoms with Crippen LogP contribution in [-0.4, -0.2) is 20.2 Å². The lowest BCUT2D eigenvalue weighted by Crippen LogP contribution is -2.27. The normalized spacial score (nSPS) is 15.0. The van der Waals surface area contributed by atoms with Gasteiger partial charge in [-0.1, -0.05) is 70.0 Å². The average molecular weight is 520 g/mol. The third-order valence-corrected chi connectivity index (χ3v) is 6.89. The second-order valence-electron chi connectivity index (χ2n) is 8.91. The van der Waals surface area contributed by atoms with Crippen LogP contribution in [0, 0.1) is 0 Å². The monoisotopic (exact) mass is 518 g/mol. The molecule has 0 heterocycles. The van der Waals surface area contributed by atoms with Crippen LogP contribution < -0.4 is 0 Å². The van der Waals surface area contributed by atoms with Gasteiger partial charge in [0.25, 0.3) is 0 Å². The Morgan fingerprint density at radius 3 is 1.38 bits per heavy atom. The highest BCUT2D eigenvalue weighted by Gasteiger charge is 2.42. The molecule has 0 bridgehead atoms. The van der Waals surface area contributed by atoms with E-state index in [9.17, 15) is 9.59 Å². The molecule has 29 heavy (non-hydrogen) atoms. The van der Waals surface area contributed by atoms with Crippen LogP contribution in [0.5, 0.6) is 0 Å². The van der Waals surface area contributed by atoms with Gasteiger partial charge in [0.1, 0.15) is 0 Å². The van der Waals surface area contributed by atoms with E-state index < -0.39 is 8.65 Å². The quantitative estimate of drug-likeness (QED) is 0.292. The summed E-state index contributed by atoms with van der Waals surface area (Å²) >= 11 is 7.01. The number of rotatable bonds is 6. The number of hydrogen-bond donors (Lipinski definition) is 0. The Hall–Kier alpha value is -1.26. The maximum atomic E-state index is 12.9. The highest BCUT2D eigenvalue weighted by Crippen LogP contribution is 2.53. The fourth-order valence-corrected chi connectivity index (χ4v) is 4.93. The summed E-state index contributed by atoms with van der Waals surface area (Å²) < 4.78 is -1.20. The summed E-state index contributed by atoms with van der Waals surface area (Å²) in [5.74, 6) is 0.156. The molecule has 3 rings (SSSR count). The molecule has 2 aromatic carbocycles. The van der Waals surface area contributed by atoms with Crippen molar-refractivity contribution in [2.45, 2.75) is 68.4 Å². The van der Waals surface area contributed by atoms with Gasteiger partial charge in [0.15, 0.2) is 11.6 Å². The molecule has 1 aliphatic rings. The minimum Gasteiger partial charge on any atom is -0.293 e. The van der Waals surface area contributed by atoms with Crippen LogP contribution in [0.1, 0.15) is 86.2 Å². The number of alkyl halides is 2. The molecule has 0 atom stereocenters. The first kappa shape index (κ1) is 22.4. The van der Waals surface area contributed by atoms with Gasteiger partial charge in [-0.05, 0) is 74.9 Å². The summed E-state index contributed by atoms with van der Waals surface area (Å²) in [7, 11) is 0. The van der Waals surface area contributed by atoms with Crippen LogP contribution in [0.2, 0.25) is 0 Å². The van der Waals surface area contributed by atoms with Crippen molar-refractivity contribution in [3.63, 3.8) is 0 Å². The molecule has 0 N–H and O–H groups in total. The topological polar surface area (TPSA) is 34.1 Å². The van der Waals surface area contributed by atoms with Crippen LogP contribution >= 0.6 is 31.9 Å². The molecule has 0 spiro atoms. The zero-order chi connectivity index (χ0) is 21.8. The van der Waals surface area contributed by atoms with Crippen LogP contribution in [0.25, 0.3) is 11.1 Å². The molecule has 1 aliphatic carbocycles. The van der Waals surface area contributed by atoms with E-state index in [2.05, 4.69) is 70.0 Å². The lowest BCUT2D eigenvalue weighted by Gasteiger charge is -2.30. The van der Waals surface area contributed by atoms with Crippen LogP contribution in [0.4, 0.5) is 0 Å². The average Bonchev–Trinajstić information content (AvgIpc) is 2.94. The number of fused-ring (bicyclic) bond motifs is 3. The van der Waals surface area contributed by atoms with E-state index in [1.54, 1.807) is 0 Å². The SMILES string of the molecule is CCC1(CC)c2cc(C(=O)C(C)(C)Br)ccc2-c2ccc(C(=O)C(C)(C)Br)cc21. The lowest BCUT2D eigenvalue weighted by molar-refractivity contribution is 0.0954. The molecule has 4 heteroatoms. The fourth-order valence-electron chi connectivity index (χ4n) is 4.48. The number of carbonyl (C=O) groups is 2. The van der Waals surface area contributed by atoms with Crippen molar-refractivity contribution in [1.29, 1.82) is 0 Å². The third kappa shape index (κ3) is 3.67. The van der Waals surface area contributed by atoms with E-state index in [-0.39, 0.29) is 17.0 Å². The number of carbonyl (C=O) groups excluding carboxylic acids is 2. The molecule has 0 aromatic heterocycles. The molecule has 0 fully saturated rings. The second-order valence-corrected chi connectivity index (χ2v) is 12.9. The largest absolute Gasteiger partial charge is 0.293 e. The van der Waals surface area contributed by atoms with Gasteiger partial charge in [0, 0.05) is 16.5 Å². The highest BCUT2D eigenvalue weighted by atomic mass is 79.9. The lowest BCUT2D eigenvalue weighted by atomic mass is 9.73. The Bertz CT molecular complexity index is 909. The van der Waals surface area contributed by atoms with Gasteiger partial charge in [-0.2, -0.15) is 0 Å². The predicted molar refractivity (Wildman–Crippen MR) is 128 cm³/mol. The Balaban J connectivity index is 2.22. The van der Waals surface area contributed by atoms with Crippen molar-refractivity contribution in [3.05, 3.63) is 58.7 Å². The van der Waals surface area contributed by atoms with E-state index in [4.69, 9.17) is 0 Å². The zero-order valence-electron chi connectivity index (χ0n) is 18.0. The fraction of sp³-hybridized carbons (Fsp3) is 0.440. The van der Waals surface area contributed by atoms with E-state index in [1.165, 1.54) is 22.3 Å². The standard InChI is InChI=1S/C25H28Br2O2/c1-7-25(8-2)19-13-15(21(28)23(3,4)26)9-11-17(19)18-12-10-16(14-20(18)25)22(29)24(5,6)27/h9-14H,7-8H2,1-6H3. The number of Topliss-reactive ketones (excluding diaryl/α,β-unsaturated/α-hetero) is 2. The van der Waals surface area contributed by atoms with Crippen molar-refractivity contribution in [1.82, 2.24) is 0 Å². The highest BCUT2D eigenvalue weighted by molar-refractivity contribution is 9.10. The van der Waals surface area contributed by atoms with Crippen molar-refractivity contribution < 1.29 is 9.59 Å². The Morgan fingerprint density at radius 1 is 0.759 bits per heavy atom. The van der Waals surface area contributed by atoms with Gasteiger partial charge >= 0.3 is 0 Å². The maximum absolute atomic E-state index is 12.9. The Labute approximate surface area is 190 Å². The van der Waals surface area contributed by atoms with Crippen molar-refractivity contribution in [2.75, 3.05) is 0 Å². The summed E-state index contributed by atoms with van der Waals surface area (Å²) in [6.07, 6.45) is 1.82. The van der Waals surface area contributed by atoms with Gasteiger partial charge in [-0.25, -0.2) is 0 Å². The maximum Gasteiger partial charge on any atom is 0.178 e. The molecule has 2 nitrogen and oxygen atoms in total. The molecule has 0 amide bonds. The molecule has 2 aromatic rings. The zero-order valence-corrected chi connectivity index (χ0v) is 21.1. The van der Waals surface area contributed by atoms with Gasteiger partial charge in [0.05, 0.1) is 8.65 Å². The van der Waals surface area contributed by atoms with Crippen LogP contribution in [0.15, 0.2) is 36.4 Å². The summed E-state index contributed by atoms with van der Waals surface area (Å²) in [5, 5.41) is 0. The first-order valence-corrected chi connectivity index (χ1v) is 11.7. The molecule has 0 aliphatic heterocycles. The van der Waals surface area contributed by atoms with Gasteiger partial charge < -0.3 is 0 Å². The molecular formula is C25H28Br2O2. The minimum atomic E-state index is -0.602. The van der Waals surface area contributed by atoms with Gasteiger partial charge in [-0.15, -0.1) is 0 Å². The Morgan fingerprint density at radius 2 is 1.10 bits per heavy atom.